The average Bonchev–Trinajstić information content (AvgIpc) is 3.06. The van der Waals surface area contributed by atoms with Crippen molar-refractivity contribution in [3.63, 3.8) is 0 Å². The highest BCUT2D eigenvalue weighted by Gasteiger charge is 2.18. The van der Waals surface area contributed by atoms with E-state index in [4.69, 9.17) is 4.74 Å². The van der Waals surface area contributed by atoms with Crippen LogP contribution in [0.4, 0.5) is 0 Å². The first-order chi connectivity index (χ1) is 9.76. The Bertz CT molecular complexity index is 615. The van der Waals surface area contributed by atoms with Gasteiger partial charge in [-0.15, -0.1) is 11.3 Å². The Morgan fingerprint density at radius 3 is 3.15 bits per heavy atom. The summed E-state index contributed by atoms with van der Waals surface area (Å²) in [6.07, 6.45) is 5.13. The van der Waals surface area contributed by atoms with Crippen LogP contribution in [-0.4, -0.2) is 18.0 Å². The monoisotopic (exact) mass is 288 g/mol. The van der Waals surface area contributed by atoms with E-state index in [0.717, 1.165) is 23.3 Å². The number of thiophene rings is 1. The summed E-state index contributed by atoms with van der Waals surface area (Å²) in [5, 5.41) is 2.94. The molecule has 3 rings (SSSR count). The van der Waals surface area contributed by atoms with Crippen LogP contribution in [0, 0.1) is 0 Å². The van der Waals surface area contributed by atoms with Crippen molar-refractivity contribution in [1.29, 1.82) is 0 Å². The summed E-state index contributed by atoms with van der Waals surface area (Å²) in [5.41, 5.74) is 2.33. The van der Waals surface area contributed by atoms with Crippen molar-refractivity contribution in [3.8, 4) is 5.88 Å². The standard InChI is InChI=1S/C15H16N2O2S/c1-19-14-7-10(5-6-16-14)9-17-15(18)13-8-11-3-2-4-12(11)20-13/h5-8H,2-4,9H2,1H3,(H,17,18). The van der Waals surface area contributed by atoms with Crippen LogP contribution >= 0.6 is 11.3 Å². The molecule has 0 saturated carbocycles. The summed E-state index contributed by atoms with van der Waals surface area (Å²) in [7, 11) is 1.58. The average molecular weight is 288 g/mol. The molecule has 1 amide bonds. The topological polar surface area (TPSA) is 51.2 Å². The van der Waals surface area contributed by atoms with Crippen molar-refractivity contribution in [2.45, 2.75) is 25.8 Å². The van der Waals surface area contributed by atoms with Crippen LogP contribution in [0.1, 0.15) is 32.1 Å². The van der Waals surface area contributed by atoms with Gasteiger partial charge in [-0.1, -0.05) is 0 Å². The maximum atomic E-state index is 12.1. The van der Waals surface area contributed by atoms with Gasteiger partial charge >= 0.3 is 0 Å². The second-order valence-electron chi connectivity index (χ2n) is 4.80. The molecule has 0 atom stereocenters. The second kappa shape index (κ2) is 5.63. The second-order valence-corrected chi connectivity index (χ2v) is 5.94. The van der Waals surface area contributed by atoms with E-state index in [0.29, 0.717) is 12.4 Å². The van der Waals surface area contributed by atoms with E-state index >= 15 is 0 Å². The summed E-state index contributed by atoms with van der Waals surface area (Å²) >= 11 is 1.62. The van der Waals surface area contributed by atoms with E-state index in [1.807, 2.05) is 18.2 Å². The van der Waals surface area contributed by atoms with Gasteiger partial charge in [-0.3, -0.25) is 4.79 Å². The fourth-order valence-corrected chi connectivity index (χ4v) is 3.55. The summed E-state index contributed by atoms with van der Waals surface area (Å²) in [6, 6.07) is 5.74. The van der Waals surface area contributed by atoms with E-state index in [9.17, 15) is 4.79 Å². The van der Waals surface area contributed by atoms with Crippen molar-refractivity contribution in [1.82, 2.24) is 10.3 Å². The number of nitrogens with one attached hydrogen (secondary N) is 1. The lowest BCUT2D eigenvalue weighted by Gasteiger charge is -2.05. The number of carbonyl (C=O) groups excluding carboxylic acids is 1. The Morgan fingerprint density at radius 2 is 2.35 bits per heavy atom. The molecule has 2 aromatic rings. The molecule has 0 bridgehead atoms. The van der Waals surface area contributed by atoms with Crippen LogP contribution in [0.5, 0.6) is 5.88 Å². The SMILES string of the molecule is COc1cc(CNC(=O)c2cc3c(s2)CCC3)ccn1. The number of carbonyl (C=O) groups is 1. The van der Waals surface area contributed by atoms with Gasteiger partial charge in [0.2, 0.25) is 5.88 Å². The quantitative estimate of drug-likeness (QED) is 0.940. The number of fused-ring (bicyclic) bond motifs is 1. The number of aromatic nitrogens is 1. The molecule has 1 aliphatic carbocycles. The number of pyridine rings is 1. The summed E-state index contributed by atoms with van der Waals surface area (Å²) < 4.78 is 5.07. The van der Waals surface area contributed by atoms with Gasteiger partial charge in [0, 0.05) is 23.7 Å². The number of hydrogen-bond donors (Lipinski definition) is 1. The molecule has 0 unspecified atom stereocenters. The molecule has 1 aliphatic rings. The van der Waals surface area contributed by atoms with Gasteiger partial charge in [-0.25, -0.2) is 4.98 Å². The molecule has 20 heavy (non-hydrogen) atoms. The van der Waals surface area contributed by atoms with Crippen molar-refractivity contribution >= 4 is 17.2 Å². The van der Waals surface area contributed by atoms with E-state index in [1.165, 1.54) is 16.9 Å². The highest BCUT2D eigenvalue weighted by atomic mass is 32.1. The molecule has 2 heterocycles. The Balaban J connectivity index is 1.63. The maximum absolute atomic E-state index is 12.1. The number of aryl methyl sites for hydroxylation is 2. The number of nitrogens with zero attached hydrogens (tertiary/aromatic N) is 1. The Kier molecular flexibility index (Phi) is 3.69. The first-order valence-electron chi connectivity index (χ1n) is 6.65. The zero-order valence-electron chi connectivity index (χ0n) is 11.3. The fourth-order valence-electron chi connectivity index (χ4n) is 2.38. The van der Waals surface area contributed by atoms with Gasteiger partial charge < -0.3 is 10.1 Å². The molecule has 5 heteroatoms. The van der Waals surface area contributed by atoms with E-state index in [-0.39, 0.29) is 5.91 Å². The summed E-state index contributed by atoms with van der Waals surface area (Å²) in [4.78, 5) is 18.4. The lowest BCUT2D eigenvalue weighted by molar-refractivity contribution is 0.0955. The normalized spacial score (nSPS) is 13.1. The minimum atomic E-state index is 0.000166. The first-order valence-corrected chi connectivity index (χ1v) is 7.46. The number of methoxy groups -OCH3 is 1. The van der Waals surface area contributed by atoms with Gasteiger partial charge in [0.15, 0.2) is 0 Å². The van der Waals surface area contributed by atoms with Crippen molar-refractivity contribution < 1.29 is 9.53 Å². The fraction of sp³-hybridized carbons (Fsp3) is 0.333. The molecular formula is C15H16N2O2S. The minimum Gasteiger partial charge on any atom is -0.481 e. The summed E-state index contributed by atoms with van der Waals surface area (Å²) in [5.74, 6) is 0.562. The molecule has 0 aliphatic heterocycles. The zero-order chi connectivity index (χ0) is 13.9. The Morgan fingerprint density at radius 1 is 1.45 bits per heavy atom. The van der Waals surface area contributed by atoms with Gasteiger partial charge in [0.05, 0.1) is 12.0 Å². The van der Waals surface area contributed by atoms with Crippen LogP contribution in [0.25, 0.3) is 0 Å². The third-order valence-electron chi connectivity index (χ3n) is 3.43. The highest BCUT2D eigenvalue weighted by molar-refractivity contribution is 7.14. The van der Waals surface area contributed by atoms with Crippen LogP contribution in [-0.2, 0) is 19.4 Å². The summed E-state index contributed by atoms with van der Waals surface area (Å²) in [6.45, 7) is 0.486. The molecular weight excluding hydrogens is 272 g/mol. The van der Waals surface area contributed by atoms with Gasteiger partial charge in [0.1, 0.15) is 0 Å². The van der Waals surface area contributed by atoms with Gasteiger partial charge in [-0.05, 0) is 42.5 Å². The van der Waals surface area contributed by atoms with Crippen LogP contribution in [0.3, 0.4) is 0 Å². The van der Waals surface area contributed by atoms with Crippen molar-refractivity contribution in [2.24, 2.45) is 0 Å². The highest BCUT2D eigenvalue weighted by Crippen LogP contribution is 2.30. The molecule has 0 spiro atoms. The predicted octanol–water partition coefficient (Wildman–Crippen LogP) is 2.57. The number of rotatable bonds is 4. The molecule has 1 N–H and O–H groups in total. The lowest BCUT2D eigenvalue weighted by Crippen LogP contribution is -2.21. The third kappa shape index (κ3) is 2.67. The Hall–Kier alpha value is -1.88. The molecule has 0 radical (unpaired) electrons. The first kappa shape index (κ1) is 13.1. The number of ether oxygens (including phenoxy) is 1. The van der Waals surface area contributed by atoms with Crippen molar-refractivity contribution in [2.75, 3.05) is 7.11 Å². The molecule has 0 aromatic carbocycles. The van der Waals surface area contributed by atoms with Gasteiger partial charge in [-0.2, -0.15) is 0 Å². The molecule has 104 valence electrons. The molecule has 0 saturated heterocycles. The van der Waals surface area contributed by atoms with E-state index in [1.54, 1.807) is 24.6 Å². The van der Waals surface area contributed by atoms with E-state index in [2.05, 4.69) is 10.3 Å². The van der Waals surface area contributed by atoms with Crippen molar-refractivity contribution in [3.05, 3.63) is 45.3 Å². The minimum absolute atomic E-state index is 0.000166. The van der Waals surface area contributed by atoms with Crippen LogP contribution in [0.15, 0.2) is 24.4 Å². The number of hydrogen-bond acceptors (Lipinski definition) is 4. The molecule has 0 fully saturated rings. The number of amides is 1. The lowest BCUT2D eigenvalue weighted by atomic mass is 10.2. The van der Waals surface area contributed by atoms with E-state index < -0.39 is 0 Å². The zero-order valence-corrected chi connectivity index (χ0v) is 12.1. The third-order valence-corrected chi connectivity index (χ3v) is 4.67. The maximum Gasteiger partial charge on any atom is 0.261 e. The largest absolute Gasteiger partial charge is 0.481 e. The molecule has 4 nitrogen and oxygen atoms in total. The smallest absolute Gasteiger partial charge is 0.261 e. The molecule has 2 aromatic heterocycles. The Labute approximate surface area is 121 Å². The van der Waals surface area contributed by atoms with Crippen LogP contribution in [0.2, 0.25) is 0 Å². The predicted molar refractivity (Wildman–Crippen MR) is 78.3 cm³/mol. The van der Waals surface area contributed by atoms with Gasteiger partial charge in [0.25, 0.3) is 5.91 Å². The van der Waals surface area contributed by atoms with Crippen LogP contribution < -0.4 is 10.1 Å².